The lowest BCUT2D eigenvalue weighted by molar-refractivity contribution is -0.138. The standard InChI is InChI=1S/C24H40O3/c1-15(4-9-22(26)27)19-7-8-20-18-6-5-16-14-17(25)10-12-23(16,2)21(18)11-13-24(19,20)3/h15-21,25H,4-14H2,1-3H3,(H,26,27)/t15-,16-,17-,18-,19-,20+,21+,23+,24-/m1/s1/i10D2,14D2. The first kappa shape index (κ1) is 15.3. The molecule has 0 spiro atoms. The van der Waals surface area contributed by atoms with Crippen LogP contribution in [0, 0.1) is 46.3 Å². The highest BCUT2D eigenvalue weighted by Gasteiger charge is 2.60. The van der Waals surface area contributed by atoms with Crippen LogP contribution < -0.4 is 0 Å². The Labute approximate surface area is 170 Å². The maximum atomic E-state index is 11.1. The zero-order chi connectivity index (χ0) is 23.0. The van der Waals surface area contributed by atoms with Crippen molar-refractivity contribution in [2.75, 3.05) is 0 Å². The van der Waals surface area contributed by atoms with Crippen molar-refractivity contribution in [2.24, 2.45) is 46.3 Å². The molecule has 4 aliphatic rings. The minimum absolute atomic E-state index is 0.203. The first-order valence-corrected chi connectivity index (χ1v) is 11.1. The van der Waals surface area contributed by atoms with Crippen molar-refractivity contribution in [2.45, 2.75) is 97.4 Å². The first-order chi connectivity index (χ1) is 14.2. The number of carbonyl (C=O) groups is 1. The van der Waals surface area contributed by atoms with Gasteiger partial charge in [-0.25, -0.2) is 0 Å². The van der Waals surface area contributed by atoms with Gasteiger partial charge in [-0.05, 0) is 110 Å². The lowest BCUT2D eigenvalue weighted by Crippen LogP contribution is -2.54. The number of aliphatic hydroxyl groups is 1. The van der Waals surface area contributed by atoms with E-state index < -0.39 is 30.2 Å². The van der Waals surface area contributed by atoms with E-state index in [-0.39, 0.29) is 24.2 Å². The average Bonchev–Trinajstić information content (AvgIpc) is 3.01. The van der Waals surface area contributed by atoms with E-state index in [4.69, 9.17) is 10.6 Å². The smallest absolute Gasteiger partial charge is 0.303 e. The third-order valence-corrected chi connectivity index (χ3v) is 9.48. The molecule has 154 valence electrons. The molecule has 4 fully saturated rings. The molecule has 4 rings (SSSR count). The number of carboxylic acid groups (broad SMARTS) is 1. The fourth-order valence-corrected chi connectivity index (χ4v) is 8.08. The van der Waals surface area contributed by atoms with Crippen LogP contribution in [0.15, 0.2) is 0 Å². The number of aliphatic hydroxyl groups excluding tert-OH is 1. The Morgan fingerprint density at radius 2 is 1.85 bits per heavy atom. The van der Waals surface area contributed by atoms with Crippen LogP contribution in [-0.2, 0) is 4.79 Å². The van der Waals surface area contributed by atoms with Gasteiger partial charge >= 0.3 is 5.97 Å². The highest BCUT2D eigenvalue weighted by Crippen LogP contribution is 2.68. The summed E-state index contributed by atoms with van der Waals surface area (Å²) in [6.45, 7) is 6.75. The van der Waals surface area contributed by atoms with Gasteiger partial charge in [0.15, 0.2) is 0 Å². The largest absolute Gasteiger partial charge is 0.481 e. The molecule has 0 aromatic rings. The second kappa shape index (κ2) is 7.04. The molecule has 0 radical (unpaired) electrons. The predicted molar refractivity (Wildman–Crippen MR) is 107 cm³/mol. The normalized spacial score (nSPS) is 56.3. The van der Waals surface area contributed by atoms with Crippen molar-refractivity contribution in [3.8, 4) is 0 Å². The van der Waals surface area contributed by atoms with E-state index in [2.05, 4.69) is 20.8 Å². The van der Waals surface area contributed by atoms with Crippen molar-refractivity contribution in [1.29, 1.82) is 0 Å². The van der Waals surface area contributed by atoms with Gasteiger partial charge in [0, 0.05) is 11.9 Å². The molecule has 2 N–H and O–H groups in total. The van der Waals surface area contributed by atoms with Gasteiger partial charge in [0.1, 0.15) is 0 Å². The Balaban J connectivity index is 1.59. The number of fused-ring (bicyclic) bond motifs is 5. The van der Waals surface area contributed by atoms with Crippen LogP contribution in [0.5, 0.6) is 0 Å². The van der Waals surface area contributed by atoms with Gasteiger partial charge in [0.2, 0.25) is 0 Å². The Hall–Kier alpha value is -0.570. The first-order valence-electron chi connectivity index (χ1n) is 13.1. The van der Waals surface area contributed by atoms with Crippen LogP contribution >= 0.6 is 0 Å². The molecular formula is C24H40O3. The lowest BCUT2D eigenvalue weighted by Gasteiger charge is -2.61. The summed E-state index contributed by atoms with van der Waals surface area (Å²) in [5.41, 5.74) is -0.224. The molecule has 0 aromatic carbocycles. The summed E-state index contributed by atoms with van der Waals surface area (Å²) in [4.78, 5) is 11.1. The molecule has 0 amide bonds. The molecule has 0 saturated heterocycles. The number of aliphatic carboxylic acids is 1. The van der Waals surface area contributed by atoms with Gasteiger partial charge in [0.25, 0.3) is 0 Å². The highest BCUT2D eigenvalue weighted by molar-refractivity contribution is 5.66. The third kappa shape index (κ3) is 3.16. The van der Waals surface area contributed by atoms with Crippen LogP contribution in [0.3, 0.4) is 0 Å². The summed E-state index contributed by atoms with van der Waals surface area (Å²) in [6, 6.07) is 0. The molecular weight excluding hydrogens is 336 g/mol. The van der Waals surface area contributed by atoms with Crippen LogP contribution in [0.2, 0.25) is 0 Å². The van der Waals surface area contributed by atoms with Crippen LogP contribution in [0.4, 0.5) is 0 Å². The number of hydrogen-bond acceptors (Lipinski definition) is 2. The molecule has 0 aromatic heterocycles. The number of hydrogen-bond donors (Lipinski definition) is 2. The summed E-state index contributed by atoms with van der Waals surface area (Å²) >= 11 is 0. The quantitative estimate of drug-likeness (QED) is 0.676. The van der Waals surface area contributed by atoms with Crippen molar-refractivity contribution >= 4 is 5.97 Å². The van der Waals surface area contributed by atoms with Gasteiger partial charge in [-0.3, -0.25) is 4.79 Å². The SMILES string of the molecule is [2H]C1([2H])C[C@@]2(C)[C@H](CC[C@H]3[C@@H]2CC[C@]2(C)[C@@H]([C@H](C)CCC(=O)O)CC[C@@H]32)C([2H])([2H])[C@@H]1O. The number of carboxylic acids is 1. The summed E-state index contributed by atoms with van der Waals surface area (Å²) in [5.74, 6) is 1.26. The maximum Gasteiger partial charge on any atom is 0.303 e. The van der Waals surface area contributed by atoms with E-state index in [1.807, 2.05) is 0 Å². The molecule has 3 nitrogen and oxygen atoms in total. The monoisotopic (exact) mass is 380 g/mol. The third-order valence-electron chi connectivity index (χ3n) is 9.48. The topological polar surface area (TPSA) is 57.5 Å². The van der Waals surface area contributed by atoms with Crippen LogP contribution in [0.25, 0.3) is 0 Å². The van der Waals surface area contributed by atoms with E-state index in [9.17, 15) is 9.90 Å². The van der Waals surface area contributed by atoms with E-state index in [1.165, 1.54) is 0 Å². The van der Waals surface area contributed by atoms with Crippen LogP contribution in [-0.4, -0.2) is 22.3 Å². The molecule has 3 heteroatoms. The summed E-state index contributed by atoms with van der Waals surface area (Å²) in [6.07, 6.45) is 1.91. The maximum absolute atomic E-state index is 11.1. The van der Waals surface area contributed by atoms with Gasteiger partial charge in [-0.15, -0.1) is 0 Å². The molecule has 4 saturated carbocycles. The highest BCUT2D eigenvalue weighted by atomic mass is 16.4. The second-order valence-electron chi connectivity index (χ2n) is 10.6. The van der Waals surface area contributed by atoms with Crippen molar-refractivity contribution in [3.63, 3.8) is 0 Å². The molecule has 4 aliphatic carbocycles. The molecule has 0 heterocycles. The molecule has 0 unspecified atom stereocenters. The van der Waals surface area contributed by atoms with Crippen molar-refractivity contribution < 1.29 is 20.5 Å². The minimum Gasteiger partial charge on any atom is -0.481 e. The van der Waals surface area contributed by atoms with Gasteiger partial charge < -0.3 is 10.2 Å². The molecule has 9 atom stereocenters. The van der Waals surface area contributed by atoms with E-state index >= 15 is 0 Å². The summed E-state index contributed by atoms with van der Waals surface area (Å²) in [7, 11) is 0. The molecule has 0 aliphatic heterocycles. The van der Waals surface area contributed by atoms with Gasteiger partial charge in [0.05, 0.1) is 6.10 Å². The van der Waals surface area contributed by atoms with Crippen LogP contribution in [0.1, 0.15) is 96.8 Å². The predicted octanol–water partition coefficient (Wildman–Crippen LogP) is 5.51. The lowest BCUT2D eigenvalue weighted by atomic mass is 9.44. The summed E-state index contributed by atoms with van der Waals surface area (Å²) in [5, 5.41) is 19.6. The Bertz CT molecular complexity index is 728. The van der Waals surface area contributed by atoms with E-state index in [0.29, 0.717) is 29.6 Å². The average molecular weight is 381 g/mol. The Morgan fingerprint density at radius 1 is 1.11 bits per heavy atom. The summed E-state index contributed by atoms with van der Waals surface area (Å²) < 4.78 is 34.1. The Kier molecular flexibility index (Phi) is 3.99. The van der Waals surface area contributed by atoms with E-state index in [1.54, 1.807) is 0 Å². The van der Waals surface area contributed by atoms with Gasteiger partial charge in [-0.1, -0.05) is 20.8 Å². The van der Waals surface area contributed by atoms with Crippen molar-refractivity contribution in [1.82, 2.24) is 0 Å². The number of rotatable bonds is 4. The Morgan fingerprint density at radius 3 is 2.59 bits per heavy atom. The zero-order valence-electron chi connectivity index (χ0n) is 21.2. The fraction of sp³-hybridized carbons (Fsp3) is 0.958. The molecule has 27 heavy (non-hydrogen) atoms. The van der Waals surface area contributed by atoms with E-state index in [0.717, 1.165) is 44.9 Å². The van der Waals surface area contributed by atoms with Gasteiger partial charge in [-0.2, -0.15) is 0 Å². The minimum atomic E-state index is -1.90. The zero-order valence-corrected chi connectivity index (χ0v) is 17.2. The second-order valence-corrected chi connectivity index (χ2v) is 10.6. The fourth-order valence-electron chi connectivity index (χ4n) is 8.08. The van der Waals surface area contributed by atoms with Crippen molar-refractivity contribution in [3.05, 3.63) is 0 Å². The molecule has 0 bridgehead atoms.